The molecule has 1 aromatic heterocycles. The number of amides is 1. The molecule has 0 saturated carbocycles. The van der Waals surface area contributed by atoms with Crippen LogP contribution in [-0.4, -0.2) is 29.1 Å². The minimum absolute atomic E-state index is 0.0728. The van der Waals surface area contributed by atoms with Gasteiger partial charge in [-0.2, -0.15) is 0 Å². The highest BCUT2D eigenvalue weighted by Crippen LogP contribution is 2.24. The number of aryl methyl sites for hydroxylation is 1. The summed E-state index contributed by atoms with van der Waals surface area (Å²) in [4.78, 5) is 11.7. The van der Waals surface area contributed by atoms with Gasteiger partial charge in [0.1, 0.15) is 11.5 Å². The van der Waals surface area contributed by atoms with E-state index in [0.29, 0.717) is 11.3 Å². The predicted molar refractivity (Wildman–Crippen MR) is 71.7 cm³/mol. The Morgan fingerprint density at radius 1 is 1.39 bits per heavy atom. The largest absolute Gasteiger partial charge is 0.573 e. The fourth-order valence-corrected chi connectivity index (χ4v) is 1.76. The predicted octanol–water partition coefficient (Wildman–Crippen LogP) is 2.35. The van der Waals surface area contributed by atoms with Crippen molar-refractivity contribution in [3.05, 3.63) is 47.3 Å². The van der Waals surface area contributed by atoms with Crippen molar-refractivity contribution in [1.82, 2.24) is 10.5 Å². The normalized spacial score (nSPS) is 12.7. The van der Waals surface area contributed by atoms with Crippen LogP contribution in [0.4, 0.5) is 13.2 Å². The summed E-state index contributed by atoms with van der Waals surface area (Å²) in [6.07, 6.45) is -5.86. The van der Waals surface area contributed by atoms with Gasteiger partial charge in [-0.3, -0.25) is 4.79 Å². The summed E-state index contributed by atoms with van der Waals surface area (Å²) in [5, 5.41) is 15.9. The Kier molecular flexibility index (Phi) is 4.89. The van der Waals surface area contributed by atoms with E-state index in [1.807, 2.05) is 0 Å². The molecule has 1 heterocycles. The molecule has 23 heavy (non-hydrogen) atoms. The maximum absolute atomic E-state index is 12.0. The summed E-state index contributed by atoms with van der Waals surface area (Å²) < 4.78 is 44.6. The van der Waals surface area contributed by atoms with Gasteiger partial charge in [0.15, 0.2) is 5.69 Å². The molecular weight excluding hydrogens is 317 g/mol. The van der Waals surface area contributed by atoms with Crippen molar-refractivity contribution >= 4 is 5.91 Å². The minimum atomic E-state index is -4.77. The molecule has 0 saturated heterocycles. The first-order valence-electron chi connectivity index (χ1n) is 6.50. The number of carbonyl (C=O) groups excluding carboxylic acids is 1. The van der Waals surface area contributed by atoms with Gasteiger partial charge < -0.3 is 19.7 Å². The third-order valence-corrected chi connectivity index (χ3v) is 2.82. The summed E-state index contributed by atoms with van der Waals surface area (Å²) in [6, 6.07) is 6.14. The molecule has 1 atom stereocenters. The number of rotatable bonds is 5. The van der Waals surface area contributed by atoms with E-state index in [1.165, 1.54) is 18.2 Å². The molecule has 9 heteroatoms. The standard InChI is InChI=1S/C14H13F3N2O4/c1-8-6-11(19-23-8)13(21)18-7-12(20)9-2-4-10(5-3-9)22-14(15,16)17/h2-6,12,20H,7H2,1H3,(H,18,21)/t12-/m1/s1. The maximum Gasteiger partial charge on any atom is 0.573 e. The molecule has 2 N–H and O–H groups in total. The summed E-state index contributed by atoms with van der Waals surface area (Å²) in [5.41, 5.74) is 0.403. The van der Waals surface area contributed by atoms with Crippen molar-refractivity contribution < 1.29 is 32.3 Å². The van der Waals surface area contributed by atoms with Crippen LogP contribution < -0.4 is 10.1 Å². The van der Waals surface area contributed by atoms with E-state index in [-0.39, 0.29) is 12.2 Å². The van der Waals surface area contributed by atoms with Crippen molar-refractivity contribution in [2.75, 3.05) is 6.54 Å². The molecule has 0 bridgehead atoms. The number of nitrogens with one attached hydrogen (secondary N) is 1. The second-order valence-corrected chi connectivity index (χ2v) is 4.67. The molecule has 0 fully saturated rings. The van der Waals surface area contributed by atoms with Crippen LogP contribution in [0.2, 0.25) is 0 Å². The van der Waals surface area contributed by atoms with E-state index in [0.717, 1.165) is 12.1 Å². The summed E-state index contributed by atoms with van der Waals surface area (Å²) >= 11 is 0. The van der Waals surface area contributed by atoms with Crippen molar-refractivity contribution in [3.63, 3.8) is 0 Å². The zero-order valence-electron chi connectivity index (χ0n) is 11.9. The van der Waals surface area contributed by atoms with Crippen LogP contribution in [0.5, 0.6) is 5.75 Å². The maximum atomic E-state index is 12.0. The Bertz CT molecular complexity index is 667. The van der Waals surface area contributed by atoms with Gasteiger partial charge in [-0.15, -0.1) is 13.2 Å². The number of carbonyl (C=O) groups is 1. The molecule has 6 nitrogen and oxygen atoms in total. The van der Waals surface area contributed by atoms with Crippen LogP contribution >= 0.6 is 0 Å². The van der Waals surface area contributed by atoms with Crippen LogP contribution in [-0.2, 0) is 0 Å². The van der Waals surface area contributed by atoms with Gasteiger partial charge in [-0.25, -0.2) is 0 Å². The fraction of sp³-hybridized carbons (Fsp3) is 0.286. The second kappa shape index (κ2) is 6.69. The van der Waals surface area contributed by atoms with Crippen molar-refractivity contribution in [2.24, 2.45) is 0 Å². The van der Waals surface area contributed by atoms with E-state index in [1.54, 1.807) is 6.92 Å². The third kappa shape index (κ3) is 4.99. The van der Waals surface area contributed by atoms with Gasteiger partial charge in [0.05, 0.1) is 6.10 Å². The summed E-state index contributed by atoms with van der Waals surface area (Å²) in [7, 11) is 0. The fourth-order valence-electron chi connectivity index (χ4n) is 1.76. The molecule has 1 aromatic carbocycles. The Morgan fingerprint density at radius 3 is 2.57 bits per heavy atom. The lowest BCUT2D eigenvalue weighted by Crippen LogP contribution is -2.28. The van der Waals surface area contributed by atoms with Gasteiger partial charge in [0.2, 0.25) is 0 Å². The molecule has 1 amide bonds. The number of hydrogen-bond acceptors (Lipinski definition) is 5. The lowest BCUT2D eigenvalue weighted by Gasteiger charge is -2.13. The summed E-state index contributed by atoms with van der Waals surface area (Å²) in [6.45, 7) is 1.49. The number of hydrogen-bond donors (Lipinski definition) is 2. The van der Waals surface area contributed by atoms with E-state index in [9.17, 15) is 23.1 Å². The number of benzene rings is 1. The number of aliphatic hydroxyl groups excluding tert-OH is 1. The van der Waals surface area contributed by atoms with Crippen molar-refractivity contribution in [1.29, 1.82) is 0 Å². The first-order valence-corrected chi connectivity index (χ1v) is 6.50. The minimum Gasteiger partial charge on any atom is -0.406 e. The van der Waals surface area contributed by atoms with E-state index in [2.05, 4.69) is 15.2 Å². The zero-order valence-corrected chi connectivity index (χ0v) is 11.9. The van der Waals surface area contributed by atoms with Crippen molar-refractivity contribution in [2.45, 2.75) is 19.4 Å². The Labute approximate surface area is 128 Å². The Morgan fingerprint density at radius 2 is 2.04 bits per heavy atom. The molecule has 0 unspecified atom stereocenters. The number of halogens is 3. The molecule has 0 radical (unpaired) electrons. The molecule has 0 spiro atoms. The third-order valence-electron chi connectivity index (χ3n) is 2.82. The molecule has 0 aliphatic rings. The highest BCUT2D eigenvalue weighted by atomic mass is 19.4. The lowest BCUT2D eigenvalue weighted by molar-refractivity contribution is -0.274. The van der Waals surface area contributed by atoms with Crippen LogP contribution in [0.1, 0.15) is 27.9 Å². The highest BCUT2D eigenvalue weighted by molar-refractivity contribution is 5.92. The molecule has 2 aromatic rings. The van der Waals surface area contributed by atoms with Gasteiger partial charge in [-0.05, 0) is 24.6 Å². The Hall–Kier alpha value is -2.55. The number of alkyl halides is 3. The average molecular weight is 330 g/mol. The average Bonchev–Trinajstić information content (AvgIpc) is 2.90. The SMILES string of the molecule is Cc1cc(C(=O)NC[C@@H](O)c2ccc(OC(F)(F)F)cc2)no1. The van der Waals surface area contributed by atoms with E-state index < -0.39 is 24.1 Å². The molecule has 2 rings (SSSR count). The number of aromatic nitrogens is 1. The molecule has 124 valence electrons. The van der Waals surface area contributed by atoms with Gasteiger partial charge in [0, 0.05) is 12.6 Å². The monoisotopic (exact) mass is 330 g/mol. The van der Waals surface area contributed by atoms with Gasteiger partial charge >= 0.3 is 6.36 Å². The van der Waals surface area contributed by atoms with Crippen LogP contribution in [0.25, 0.3) is 0 Å². The van der Waals surface area contributed by atoms with E-state index in [4.69, 9.17) is 4.52 Å². The highest BCUT2D eigenvalue weighted by Gasteiger charge is 2.31. The molecule has 0 aliphatic carbocycles. The smallest absolute Gasteiger partial charge is 0.406 e. The Balaban J connectivity index is 1.90. The lowest BCUT2D eigenvalue weighted by atomic mass is 10.1. The molecular formula is C14H13F3N2O4. The first kappa shape index (κ1) is 16.8. The topological polar surface area (TPSA) is 84.6 Å². The summed E-state index contributed by atoms with van der Waals surface area (Å²) in [5.74, 6) is -0.454. The second-order valence-electron chi connectivity index (χ2n) is 4.67. The van der Waals surface area contributed by atoms with E-state index >= 15 is 0 Å². The van der Waals surface area contributed by atoms with Crippen LogP contribution in [0, 0.1) is 6.92 Å². The van der Waals surface area contributed by atoms with Gasteiger partial charge in [0.25, 0.3) is 5.91 Å². The first-order chi connectivity index (χ1) is 10.7. The zero-order chi connectivity index (χ0) is 17.0. The number of ether oxygens (including phenoxy) is 1. The van der Waals surface area contributed by atoms with Gasteiger partial charge in [-0.1, -0.05) is 17.3 Å². The number of nitrogens with zero attached hydrogens (tertiary/aromatic N) is 1. The quantitative estimate of drug-likeness (QED) is 0.879. The molecule has 0 aliphatic heterocycles. The number of aliphatic hydroxyl groups is 1. The van der Waals surface area contributed by atoms with Crippen molar-refractivity contribution in [3.8, 4) is 5.75 Å². The van der Waals surface area contributed by atoms with Crippen LogP contribution in [0.15, 0.2) is 34.9 Å². The van der Waals surface area contributed by atoms with Crippen LogP contribution in [0.3, 0.4) is 0 Å².